The predicted molar refractivity (Wildman–Crippen MR) is 93.3 cm³/mol. The van der Waals surface area contributed by atoms with Crippen molar-refractivity contribution in [2.24, 2.45) is 5.92 Å². The second-order valence-electron chi connectivity index (χ2n) is 6.53. The lowest BCUT2D eigenvalue weighted by atomic mass is 9.93. The number of carbonyl (C=O) groups excluding carboxylic acids is 1. The molecule has 0 radical (unpaired) electrons. The van der Waals surface area contributed by atoms with E-state index in [1.807, 2.05) is 0 Å². The quantitative estimate of drug-likeness (QED) is 0.629. The Bertz CT molecular complexity index is 528. The molecule has 1 aliphatic heterocycles. The molecule has 1 aromatic rings. The summed E-state index contributed by atoms with van der Waals surface area (Å²) in [6, 6.07) is 3.46. The maximum Gasteiger partial charge on any atom is 0.253 e. The van der Waals surface area contributed by atoms with Crippen LogP contribution in [0.25, 0.3) is 0 Å². The normalized spacial score (nSPS) is 16.6. The van der Waals surface area contributed by atoms with Gasteiger partial charge in [0.1, 0.15) is 0 Å². The van der Waals surface area contributed by atoms with E-state index in [1.165, 1.54) is 19.3 Å². The molecule has 0 aliphatic carbocycles. The lowest BCUT2D eigenvalue weighted by Gasteiger charge is -2.22. The van der Waals surface area contributed by atoms with Crippen molar-refractivity contribution in [2.45, 2.75) is 45.6 Å². The number of aliphatic hydroxyl groups is 1. The number of nitrogens with one attached hydrogen (secondary N) is 2. The lowest BCUT2D eigenvalue weighted by molar-refractivity contribution is 0.0923. The summed E-state index contributed by atoms with van der Waals surface area (Å²) < 4.78 is 5.71. The van der Waals surface area contributed by atoms with Gasteiger partial charge >= 0.3 is 0 Å². The number of nitrogens with zero attached hydrogens (tertiary/aromatic N) is 1. The van der Waals surface area contributed by atoms with Crippen LogP contribution in [0.4, 0.5) is 0 Å². The first-order chi connectivity index (χ1) is 11.6. The summed E-state index contributed by atoms with van der Waals surface area (Å²) in [5.41, 5.74) is 1.15. The van der Waals surface area contributed by atoms with Crippen LogP contribution in [0.1, 0.15) is 48.7 Å². The van der Waals surface area contributed by atoms with Gasteiger partial charge in [0.25, 0.3) is 5.91 Å². The number of aryl methyl sites for hydroxylation is 1. The molecule has 3 N–H and O–H groups in total. The van der Waals surface area contributed by atoms with Gasteiger partial charge in [0.05, 0.1) is 24.0 Å². The molecule has 6 heteroatoms. The minimum Gasteiger partial charge on any atom is -0.478 e. The molecular weight excluding hydrogens is 306 g/mol. The van der Waals surface area contributed by atoms with E-state index in [0.29, 0.717) is 23.7 Å². The molecule has 1 aliphatic rings. The van der Waals surface area contributed by atoms with Crippen molar-refractivity contribution in [3.05, 3.63) is 23.4 Å². The number of pyridine rings is 1. The Balaban J connectivity index is 1.75. The molecule has 0 saturated carbocycles. The van der Waals surface area contributed by atoms with Crippen molar-refractivity contribution in [1.82, 2.24) is 15.6 Å². The second-order valence-corrected chi connectivity index (χ2v) is 6.53. The van der Waals surface area contributed by atoms with E-state index in [9.17, 15) is 9.90 Å². The highest BCUT2D eigenvalue weighted by Crippen LogP contribution is 2.18. The number of aliphatic hydroxyl groups excluding tert-OH is 1. The molecule has 0 aromatic carbocycles. The molecular formula is C18H29N3O3. The van der Waals surface area contributed by atoms with E-state index in [0.717, 1.165) is 25.4 Å². The summed E-state index contributed by atoms with van der Waals surface area (Å²) in [6.07, 6.45) is 4.17. The molecule has 2 heterocycles. The van der Waals surface area contributed by atoms with Crippen molar-refractivity contribution < 1.29 is 14.6 Å². The van der Waals surface area contributed by atoms with Gasteiger partial charge in [0.15, 0.2) is 0 Å². The van der Waals surface area contributed by atoms with Crippen molar-refractivity contribution >= 4 is 5.91 Å². The van der Waals surface area contributed by atoms with Crippen LogP contribution in [0.5, 0.6) is 5.88 Å². The van der Waals surface area contributed by atoms with E-state index < -0.39 is 6.10 Å². The third kappa shape index (κ3) is 6.09. The fourth-order valence-electron chi connectivity index (χ4n) is 2.91. The number of hydrogen-bond donors (Lipinski definition) is 3. The summed E-state index contributed by atoms with van der Waals surface area (Å²) in [4.78, 5) is 16.4. The maximum absolute atomic E-state index is 12.0. The van der Waals surface area contributed by atoms with Crippen molar-refractivity contribution in [1.29, 1.82) is 0 Å². The van der Waals surface area contributed by atoms with Crippen LogP contribution in [0, 0.1) is 12.8 Å². The summed E-state index contributed by atoms with van der Waals surface area (Å²) in [5.74, 6) is 1.15. The Kier molecular flexibility index (Phi) is 7.46. The number of rotatable bonds is 8. The minimum absolute atomic E-state index is 0.224. The minimum atomic E-state index is -0.565. The van der Waals surface area contributed by atoms with Crippen molar-refractivity contribution in [3.63, 3.8) is 0 Å². The highest BCUT2D eigenvalue weighted by atomic mass is 16.5. The molecule has 24 heavy (non-hydrogen) atoms. The maximum atomic E-state index is 12.0. The number of amides is 1. The van der Waals surface area contributed by atoms with Gasteiger partial charge in [-0.25, -0.2) is 4.98 Å². The third-order valence-corrected chi connectivity index (χ3v) is 4.33. The van der Waals surface area contributed by atoms with Gasteiger partial charge in [-0.1, -0.05) is 0 Å². The lowest BCUT2D eigenvalue weighted by Crippen LogP contribution is -2.31. The zero-order chi connectivity index (χ0) is 17.4. The summed E-state index contributed by atoms with van der Waals surface area (Å²) in [5, 5.41) is 15.3. The predicted octanol–water partition coefficient (Wildman–Crippen LogP) is 1.66. The fraction of sp³-hybridized carbons (Fsp3) is 0.667. The Hall–Kier alpha value is -1.66. The van der Waals surface area contributed by atoms with Crippen molar-refractivity contribution in [2.75, 3.05) is 26.2 Å². The molecule has 1 aromatic heterocycles. The molecule has 1 unspecified atom stereocenters. The van der Waals surface area contributed by atoms with E-state index in [4.69, 9.17) is 4.74 Å². The van der Waals surface area contributed by atoms with Gasteiger partial charge < -0.3 is 20.5 Å². The van der Waals surface area contributed by atoms with E-state index in [1.54, 1.807) is 26.0 Å². The van der Waals surface area contributed by atoms with Crippen molar-refractivity contribution in [3.8, 4) is 5.88 Å². The standard InChI is InChI=1S/C18H29N3O3/c1-13(22)12-20-18(23)16-5-6-17(21-14(16)2)24-11-3-4-15-7-9-19-10-8-15/h5-6,13,15,19,22H,3-4,7-12H2,1-2H3,(H,20,23). The van der Waals surface area contributed by atoms with Gasteiger partial charge in [0, 0.05) is 12.6 Å². The molecule has 2 rings (SSSR count). The number of hydrogen-bond acceptors (Lipinski definition) is 5. The summed E-state index contributed by atoms with van der Waals surface area (Å²) in [6.45, 7) is 6.57. The molecule has 1 fully saturated rings. The van der Waals surface area contributed by atoms with E-state index in [2.05, 4.69) is 15.6 Å². The van der Waals surface area contributed by atoms with Gasteiger partial charge in [-0.3, -0.25) is 4.79 Å². The number of ether oxygens (including phenoxy) is 1. The smallest absolute Gasteiger partial charge is 0.253 e. The van der Waals surface area contributed by atoms with Crippen LogP contribution in [0.15, 0.2) is 12.1 Å². The molecule has 1 amide bonds. The van der Waals surface area contributed by atoms with Gasteiger partial charge in [-0.2, -0.15) is 0 Å². The first-order valence-corrected chi connectivity index (χ1v) is 8.83. The molecule has 0 spiro atoms. The monoisotopic (exact) mass is 335 g/mol. The first-order valence-electron chi connectivity index (χ1n) is 8.83. The average molecular weight is 335 g/mol. The molecule has 1 saturated heterocycles. The highest BCUT2D eigenvalue weighted by Gasteiger charge is 2.13. The second kappa shape index (κ2) is 9.59. The topological polar surface area (TPSA) is 83.5 Å². The highest BCUT2D eigenvalue weighted by molar-refractivity contribution is 5.95. The number of aromatic nitrogens is 1. The van der Waals surface area contributed by atoms with Crippen LogP contribution < -0.4 is 15.4 Å². The SMILES string of the molecule is Cc1nc(OCCCC2CCNCC2)ccc1C(=O)NCC(C)O. The average Bonchev–Trinajstić information content (AvgIpc) is 2.57. The van der Waals surface area contributed by atoms with Crippen LogP contribution in [-0.2, 0) is 0 Å². The van der Waals surface area contributed by atoms with Gasteiger partial charge in [-0.05, 0) is 64.6 Å². The zero-order valence-corrected chi connectivity index (χ0v) is 14.7. The fourth-order valence-corrected chi connectivity index (χ4v) is 2.91. The van der Waals surface area contributed by atoms with Crippen LogP contribution in [0.2, 0.25) is 0 Å². The first kappa shape index (κ1) is 18.7. The Morgan fingerprint density at radius 3 is 2.88 bits per heavy atom. The van der Waals surface area contributed by atoms with E-state index in [-0.39, 0.29) is 12.5 Å². The largest absolute Gasteiger partial charge is 0.478 e. The van der Waals surface area contributed by atoms with Gasteiger partial charge in [0.2, 0.25) is 5.88 Å². The number of carbonyl (C=O) groups is 1. The summed E-state index contributed by atoms with van der Waals surface area (Å²) in [7, 11) is 0. The third-order valence-electron chi connectivity index (χ3n) is 4.33. The Morgan fingerprint density at radius 2 is 2.21 bits per heavy atom. The molecule has 0 bridgehead atoms. The van der Waals surface area contributed by atoms with Gasteiger partial charge in [-0.15, -0.1) is 0 Å². The zero-order valence-electron chi connectivity index (χ0n) is 14.7. The Morgan fingerprint density at radius 1 is 1.46 bits per heavy atom. The van der Waals surface area contributed by atoms with Crippen LogP contribution in [0.3, 0.4) is 0 Å². The van der Waals surface area contributed by atoms with E-state index >= 15 is 0 Å². The molecule has 1 atom stereocenters. The number of piperidine rings is 1. The summed E-state index contributed by atoms with van der Waals surface area (Å²) >= 11 is 0. The van der Waals surface area contributed by atoms with Crippen LogP contribution >= 0.6 is 0 Å². The Labute approximate surface area is 144 Å². The molecule has 6 nitrogen and oxygen atoms in total. The molecule has 134 valence electrons. The van der Waals surface area contributed by atoms with Crippen LogP contribution in [-0.4, -0.2) is 48.3 Å².